The molecule has 7 heteroatoms. The van der Waals surface area contributed by atoms with Crippen LogP contribution in [0.4, 0.5) is 4.79 Å². The van der Waals surface area contributed by atoms with E-state index in [9.17, 15) is 9.90 Å². The van der Waals surface area contributed by atoms with Crippen molar-refractivity contribution in [1.82, 2.24) is 9.80 Å². The summed E-state index contributed by atoms with van der Waals surface area (Å²) in [5, 5.41) is 19.2. The standard InChI is InChI=1S/C22H31N3O4/c1-2-3-8-28-22(27)25-13-18-9-19(14-25)12-24(11-18)15-20(26)16-29-21-6-4-17(10-23)5-7-21/h4-7,18-20,26H,2-3,8-9,11-16H2,1H3. The van der Waals surface area contributed by atoms with Gasteiger partial charge in [-0.1, -0.05) is 13.3 Å². The molecule has 0 radical (unpaired) electrons. The van der Waals surface area contributed by atoms with Crippen LogP contribution in [-0.2, 0) is 4.74 Å². The van der Waals surface area contributed by atoms with Gasteiger partial charge in [0.05, 0.1) is 18.2 Å². The van der Waals surface area contributed by atoms with E-state index in [1.807, 2.05) is 4.90 Å². The molecule has 2 saturated heterocycles. The molecule has 1 N–H and O–H groups in total. The fourth-order valence-electron chi connectivity index (χ4n) is 4.25. The lowest BCUT2D eigenvalue weighted by molar-refractivity contribution is -0.00176. The Bertz CT molecular complexity index is 689. The number of carbonyl (C=O) groups is 1. The number of hydrogen-bond acceptors (Lipinski definition) is 6. The molecule has 158 valence electrons. The molecular formula is C22H31N3O4. The van der Waals surface area contributed by atoms with Crippen molar-refractivity contribution in [2.75, 3.05) is 45.9 Å². The highest BCUT2D eigenvalue weighted by Gasteiger charge is 2.36. The number of amides is 1. The molecule has 2 aliphatic heterocycles. The summed E-state index contributed by atoms with van der Waals surface area (Å²) in [7, 11) is 0. The number of fused-ring (bicyclic) bond motifs is 2. The molecule has 2 fully saturated rings. The molecule has 0 saturated carbocycles. The predicted octanol–water partition coefficient (Wildman–Crippen LogP) is 2.49. The number of rotatable bonds is 8. The molecule has 2 heterocycles. The molecule has 3 atom stereocenters. The van der Waals surface area contributed by atoms with Crippen molar-refractivity contribution in [2.24, 2.45) is 11.8 Å². The van der Waals surface area contributed by atoms with Gasteiger partial charge in [-0.05, 0) is 48.9 Å². The Morgan fingerprint density at radius 2 is 1.93 bits per heavy atom. The second-order valence-corrected chi connectivity index (χ2v) is 8.16. The van der Waals surface area contributed by atoms with Gasteiger partial charge in [0.15, 0.2) is 0 Å². The van der Waals surface area contributed by atoms with Gasteiger partial charge < -0.3 is 19.5 Å². The zero-order chi connectivity index (χ0) is 20.6. The minimum atomic E-state index is -0.584. The van der Waals surface area contributed by atoms with Gasteiger partial charge in [0.25, 0.3) is 0 Å². The van der Waals surface area contributed by atoms with Crippen LogP contribution in [0.2, 0.25) is 0 Å². The highest BCUT2D eigenvalue weighted by molar-refractivity contribution is 5.67. The van der Waals surface area contributed by atoms with Gasteiger partial charge in [0.1, 0.15) is 18.5 Å². The van der Waals surface area contributed by atoms with Crippen LogP contribution >= 0.6 is 0 Å². The number of aliphatic hydroxyl groups is 1. The first kappa shape index (κ1) is 21.4. The largest absolute Gasteiger partial charge is 0.491 e. The second kappa shape index (κ2) is 10.5. The number of hydrogen-bond donors (Lipinski definition) is 1. The molecule has 3 unspecified atom stereocenters. The zero-order valence-electron chi connectivity index (χ0n) is 17.1. The summed E-state index contributed by atoms with van der Waals surface area (Å²) < 4.78 is 11.0. The first-order valence-corrected chi connectivity index (χ1v) is 10.5. The van der Waals surface area contributed by atoms with Gasteiger partial charge in [-0.15, -0.1) is 0 Å². The van der Waals surface area contributed by atoms with E-state index in [0.717, 1.165) is 45.4 Å². The number of aliphatic hydroxyl groups excluding tert-OH is 1. The van der Waals surface area contributed by atoms with E-state index in [-0.39, 0.29) is 12.7 Å². The van der Waals surface area contributed by atoms with Crippen molar-refractivity contribution in [3.63, 3.8) is 0 Å². The molecule has 1 aromatic carbocycles. The lowest BCUT2D eigenvalue weighted by Crippen LogP contribution is -2.55. The van der Waals surface area contributed by atoms with Crippen molar-refractivity contribution in [3.8, 4) is 11.8 Å². The number of ether oxygens (including phenoxy) is 2. The van der Waals surface area contributed by atoms with Crippen LogP contribution in [0, 0.1) is 23.2 Å². The zero-order valence-corrected chi connectivity index (χ0v) is 17.1. The maximum Gasteiger partial charge on any atom is 0.409 e. The Kier molecular flexibility index (Phi) is 7.73. The van der Waals surface area contributed by atoms with Gasteiger partial charge in [-0.2, -0.15) is 5.26 Å². The molecule has 0 spiro atoms. The topological polar surface area (TPSA) is 86.0 Å². The molecule has 1 aromatic rings. The lowest BCUT2D eigenvalue weighted by atomic mass is 9.84. The van der Waals surface area contributed by atoms with Gasteiger partial charge >= 0.3 is 6.09 Å². The Hall–Kier alpha value is -2.30. The number of nitriles is 1. The van der Waals surface area contributed by atoms with E-state index in [1.165, 1.54) is 0 Å². The fourth-order valence-corrected chi connectivity index (χ4v) is 4.25. The highest BCUT2D eigenvalue weighted by atomic mass is 16.6. The lowest BCUT2D eigenvalue weighted by Gasteiger charge is -2.45. The van der Waals surface area contributed by atoms with E-state index < -0.39 is 6.10 Å². The molecule has 3 rings (SSSR count). The number of carbonyl (C=O) groups excluding carboxylic acids is 1. The Morgan fingerprint density at radius 3 is 2.55 bits per heavy atom. The van der Waals surface area contributed by atoms with E-state index in [1.54, 1.807) is 24.3 Å². The van der Waals surface area contributed by atoms with Crippen LogP contribution in [-0.4, -0.2) is 73.0 Å². The van der Waals surface area contributed by atoms with Gasteiger partial charge in [0.2, 0.25) is 0 Å². The summed E-state index contributed by atoms with van der Waals surface area (Å²) in [5.41, 5.74) is 0.584. The Morgan fingerprint density at radius 1 is 1.24 bits per heavy atom. The number of unbranched alkanes of at least 4 members (excludes halogenated alkanes) is 1. The number of benzene rings is 1. The third-order valence-corrected chi connectivity index (χ3v) is 5.53. The van der Waals surface area contributed by atoms with Crippen LogP contribution in [0.25, 0.3) is 0 Å². The first-order chi connectivity index (χ1) is 14.1. The molecule has 1 amide bonds. The van der Waals surface area contributed by atoms with Crippen LogP contribution in [0.3, 0.4) is 0 Å². The summed E-state index contributed by atoms with van der Waals surface area (Å²) in [6, 6.07) is 8.95. The number of nitrogens with zero attached hydrogens (tertiary/aromatic N) is 3. The summed E-state index contributed by atoms with van der Waals surface area (Å²) in [6.07, 6.45) is 2.29. The third-order valence-electron chi connectivity index (χ3n) is 5.53. The summed E-state index contributed by atoms with van der Waals surface area (Å²) in [6.45, 7) is 6.58. The molecule has 29 heavy (non-hydrogen) atoms. The van der Waals surface area contributed by atoms with Gasteiger partial charge in [-0.3, -0.25) is 4.90 Å². The quantitative estimate of drug-likeness (QED) is 0.674. The summed E-state index contributed by atoms with van der Waals surface area (Å²) >= 11 is 0. The predicted molar refractivity (Wildman–Crippen MR) is 109 cm³/mol. The van der Waals surface area contributed by atoms with Crippen molar-refractivity contribution in [3.05, 3.63) is 29.8 Å². The summed E-state index contributed by atoms with van der Waals surface area (Å²) in [4.78, 5) is 16.4. The average molecular weight is 402 g/mol. The van der Waals surface area contributed by atoms with Crippen molar-refractivity contribution in [1.29, 1.82) is 5.26 Å². The van der Waals surface area contributed by atoms with Crippen LogP contribution in [0.5, 0.6) is 5.75 Å². The normalized spacial score (nSPS) is 22.6. The fraction of sp³-hybridized carbons (Fsp3) is 0.636. The minimum absolute atomic E-state index is 0.183. The molecule has 2 bridgehead atoms. The van der Waals surface area contributed by atoms with Crippen molar-refractivity contribution in [2.45, 2.75) is 32.3 Å². The number of likely N-dealkylation sites (tertiary alicyclic amines) is 2. The van der Waals surface area contributed by atoms with E-state index in [0.29, 0.717) is 36.3 Å². The maximum atomic E-state index is 12.2. The molecule has 7 nitrogen and oxygen atoms in total. The SMILES string of the molecule is CCCCOC(=O)N1CC2CC(CN(CC(O)COc3ccc(C#N)cc3)C2)C1. The minimum Gasteiger partial charge on any atom is -0.491 e. The van der Waals surface area contributed by atoms with Crippen molar-refractivity contribution < 1.29 is 19.4 Å². The average Bonchev–Trinajstić information content (AvgIpc) is 2.72. The van der Waals surface area contributed by atoms with Gasteiger partial charge in [0, 0.05) is 32.7 Å². The smallest absolute Gasteiger partial charge is 0.409 e. The molecule has 2 aliphatic rings. The monoisotopic (exact) mass is 401 g/mol. The van der Waals surface area contributed by atoms with Crippen LogP contribution in [0.1, 0.15) is 31.7 Å². The Labute approximate surface area is 172 Å². The van der Waals surface area contributed by atoms with E-state index in [2.05, 4.69) is 17.9 Å². The molecular weight excluding hydrogens is 370 g/mol. The second-order valence-electron chi connectivity index (χ2n) is 8.16. The van der Waals surface area contributed by atoms with E-state index >= 15 is 0 Å². The highest BCUT2D eigenvalue weighted by Crippen LogP contribution is 2.29. The number of β-amino-alcohol motifs (C(OH)–C–C–N with tert-alkyl or cyclic N) is 1. The van der Waals surface area contributed by atoms with Gasteiger partial charge in [-0.25, -0.2) is 4.79 Å². The first-order valence-electron chi connectivity index (χ1n) is 10.5. The maximum absolute atomic E-state index is 12.2. The van der Waals surface area contributed by atoms with Crippen LogP contribution < -0.4 is 4.74 Å². The van der Waals surface area contributed by atoms with E-state index in [4.69, 9.17) is 14.7 Å². The Balaban J connectivity index is 1.41. The third kappa shape index (κ3) is 6.34. The van der Waals surface area contributed by atoms with Crippen molar-refractivity contribution >= 4 is 6.09 Å². The molecule has 0 aliphatic carbocycles. The van der Waals surface area contributed by atoms with Crippen LogP contribution in [0.15, 0.2) is 24.3 Å². The number of piperidine rings is 2. The molecule has 0 aromatic heterocycles. The summed E-state index contributed by atoms with van der Waals surface area (Å²) in [5.74, 6) is 1.50.